The Balaban J connectivity index is 2.17. The maximum absolute atomic E-state index is 13.7. The highest BCUT2D eigenvalue weighted by Crippen LogP contribution is 2.47. The van der Waals surface area contributed by atoms with Crippen molar-refractivity contribution in [2.45, 2.75) is 34.6 Å². The number of ether oxygens (including phenoxy) is 2. The molecule has 0 aromatic heterocycles. The molecule has 0 amide bonds. The fraction of sp³-hybridized carbons (Fsp3) is 0.333. The standard InChI is InChI=1S/C27H31ClN4O4S2/c1-6-35-24(33)21(18-31(3)4)29-23(28)22-27(25(34)36-7-2,38-20-16-12-9-13-17-20)30-26(32(22)5)37-19-14-10-8-11-15-19/h8-18,22H,6-7H2,1-5H3/b21-18-,29-23?. The summed E-state index contributed by atoms with van der Waals surface area (Å²) in [5, 5.41) is 0.554. The molecule has 2 unspecified atom stereocenters. The van der Waals surface area contributed by atoms with Crippen molar-refractivity contribution in [2.24, 2.45) is 9.98 Å². The summed E-state index contributed by atoms with van der Waals surface area (Å²) in [6.07, 6.45) is 1.52. The minimum absolute atomic E-state index is 0.00174. The maximum Gasteiger partial charge on any atom is 0.358 e. The Hall–Kier alpha value is -2.95. The normalized spacial score (nSPS) is 19.7. The third kappa shape index (κ3) is 7.12. The van der Waals surface area contributed by atoms with Gasteiger partial charge in [0.1, 0.15) is 11.2 Å². The highest BCUT2D eigenvalue weighted by Gasteiger charge is 2.57. The molecule has 0 N–H and O–H groups in total. The zero-order valence-corrected chi connectivity index (χ0v) is 24.3. The number of nitrogens with zero attached hydrogens (tertiary/aromatic N) is 4. The molecule has 3 rings (SSSR count). The first-order chi connectivity index (χ1) is 18.2. The lowest BCUT2D eigenvalue weighted by Gasteiger charge is -2.32. The lowest BCUT2D eigenvalue weighted by molar-refractivity contribution is -0.146. The molecule has 0 aliphatic carbocycles. The number of hydrogen-bond acceptors (Lipinski definition) is 10. The highest BCUT2D eigenvalue weighted by molar-refractivity contribution is 8.14. The third-order valence-electron chi connectivity index (χ3n) is 5.18. The van der Waals surface area contributed by atoms with E-state index in [1.807, 2.05) is 60.7 Å². The van der Waals surface area contributed by atoms with Crippen LogP contribution < -0.4 is 0 Å². The van der Waals surface area contributed by atoms with Gasteiger partial charge in [-0.2, -0.15) is 0 Å². The number of esters is 2. The molecular formula is C27H31ClN4O4S2. The Morgan fingerprint density at radius 2 is 1.63 bits per heavy atom. The van der Waals surface area contributed by atoms with Gasteiger partial charge in [0.25, 0.3) is 0 Å². The van der Waals surface area contributed by atoms with Gasteiger partial charge in [0, 0.05) is 37.1 Å². The van der Waals surface area contributed by atoms with Gasteiger partial charge in [-0.05, 0) is 38.1 Å². The fourth-order valence-electron chi connectivity index (χ4n) is 3.60. The third-order valence-corrected chi connectivity index (χ3v) is 7.84. The summed E-state index contributed by atoms with van der Waals surface area (Å²) in [5.41, 5.74) is 0.00174. The summed E-state index contributed by atoms with van der Waals surface area (Å²) in [6.45, 7) is 3.79. The molecule has 0 spiro atoms. The minimum Gasteiger partial charge on any atom is -0.463 e. The Kier molecular flexibility index (Phi) is 10.7. The molecule has 2 atom stereocenters. The van der Waals surface area contributed by atoms with Gasteiger partial charge in [-0.15, -0.1) is 0 Å². The number of rotatable bonds is 10. The van der Waals surface area contributed by atoms with Crippen LogP contribution in [0.25, 0.3) is 0 Å². The quantitative estimate of drug-likeness (QED) is 0.220. The van der Waals surface area contributed by atoms with Crippen LogP contribution >= 0.6 is 35.1 Å². The van der Waals surface area contributed by atoms with Gasteiger partial charge in [0.2, 0.25) is 4.87 Å². The van der Waals surface area contributed by atoms with Gasteiger partial charge in [-0.1, -0.05) is 71.5 Å². The number of amidine groups is 1. The molecule has 0 saturated heterocycles. The first-order valence-electron chi connectivity index (χ1n) is 12.0. The Morgan fingerprint density at radius 3 is 2.18 bits per heavy atom. The van der Waals surface area contributed by atoms with Crippen molar-refractivity contribution in [1.29, 1.82) is 0 Å². The molecule has 1 aliphatic rings. The number of likely N-dealkylation sites (N-methyl/N-ethyl adjacent to an activating group) is 1. The molecule has 1 aliphatic heterocycles. The average Bonchev–Trinajstić information content (AvgIpc) is 3.16. The van der Waals surface area contributed by atoms with E-state index in [1.54, 1.807) is 44.8 Å². The lowest BCUT2D eigenvalue weighted by atomic mass is 10.1. The molecule has 0 bridgehead atoms. The van der Waals surface area contributed by atoms with Gasteiger partial charge in [-0.25, -0.2) is 19.6 Å². The van der Waals surface area contributed by atoms with E-state index >= 15 is 0 Å². The Morgan fingerprint density at radius 1 is 1.05 bits per heavy atom. The molecule has 0 radical (unpaired) electrons. The molecule has 202 valence electrons. The first-order valence-corrected chi connectivity index (χ1v) is 14.0. The van der Waals surface area contributed by atoms with E-state index in [1.165, 1.54) is 29.7 Å². The number of benzene rings is 2. The predicted octanol–water partition coefficient (Wildman–Crippen LogP) is 5.10. The summed E-state index contributed by atoms with van der Waals surface area (Å²) in [4.78, 5) is 39.5. The number of thioether (sulfide) groups is 2. The Labute approximate surface area is 237 Å². The van der Waals surface area contributed by atoms with Crippen LogP contribution in [0.5, 0.6) is 0 Å². The number of aliphatic imine (C=N–C) groups is 2. The van der Waals surface area contributed by atoms with E-state index in [0.717, 1.165) is 9.79 Å². The number of carbonyl (C=O) groups is 2. The van der Waals surface area contributed by atoms with E-state index in [4.69, 9.17) is 26.1 Å². The average molecular weight is 575 g/mol. The second-order valence-electron chi connectivity index (χ2n) is 8.29. The molecule has 1 heterocycles. The van der Waals surface area contributed by atoms with Crippen molar-refractivity contribution in [2.75, 3.05) is 34.4 Å². The molecule has 8 nitrogen and oxygen atoms in total. The largest absolute Gasteiger partial charge is 0.463 e. The van der Waals surface area contributed by atoms with E-state index < -0.39 is 22.9 Å². The van der Waals surface area contributed by atoms with Crippen molar-refractivity contribution >= 4 is 57.4 Å². The Bertz CT molecular complexity index is 1210. The van der Waals surface area contributed by atoms with Gasteiger partial charge in [0.15, 0.2) is 10.9 Å². The number of hydrogen-bond donors (Lipinski definition) is 0. The van der Waals surface area contributed by atoms with Crippen LogP contribution in [0, 0.1) is 0 Å². The van der Waals surface area contributed by atoms with Gasteiger partial charge >= 0.3 is 11.9 Å². The van der Waals surface area contributed by atoms with Crippen LogP contribution in [0.1, 0.15) is 13.8 Å². The van der Waals surface area contributed by atoms with Crippen LogP contribution in [-0.4, -0.2) is 77.3 Å². The number of halogens is 1. The molecular weight excluding hydrogens is 544 g/mol. The van der Waals surface area contributed by atoms with E-state index in [9.17, 15) is 9.59 Å². The highest BCUT2D eigenvalue weighted by atomic mass is 35.5. The van der Waals surface area contributed by atoms with E-state index in [-0.39, 0.29) is 24.1 Å². The van der Waals surface area contributed by atoms with Crippen LogP contribution in [0.2, 0.25) is 0 Å². The van der Waals surface area contributed by atoms with Gasteiger partial charge in [0.05, 0.1) is 13.2 Å². The molecule has 0 saturated carbocycles. The minimum atomic E-state index is -1.53. The smallest absolute Gasteiger partial charge is 0.358 e. The van der Waals surface area contributed by atoms with E-state index in [2.05, 4.69) is 4.99 Å². The van der Waals surface area contributed by atoms with Crippen molar-refractivity contribution in [3.8, 4) is 0 Å². The van der Waals surface area contributed by atoms with Crippen molar-refractivity contribution < 1.29 is 19.1 Å². The van der Waals surface area contributed by atoms with Crippen molar-refractivity contribution in [3.63, 3.8) is 0 Å². The molecule has 2 aromatic carbocycles. The predicted molar refractivity (Wildman–Crippen MR) is 155 cm³/mol. The zero-order valence-electron chi connectivity index (χ0n) is 22.0. The summed E-state index contributed by atoms with van der Waals surface area (Å²) in [5.74, 6) is -1.19. The summed E-state index contributed by atoms with van der Waals surface area (Å²) >= 11 is 9.54. The van der Waals surface area contributed by atoms with Crippen molar-refractivity contribution in [3.05, 3.63) is 72.6 Å². The number of carbonyl (C=O) groups excluding carboxylic acids is 2. The second kappa shape index (κ2) is 13.7. The second-order valence-corrected chi connectivity index (χ2v) is 11.0. The van der Waals surface area contributed by atoms with Crippen LogP contribution in [0.3, 0.4) is 0 Å². The summed E-state index contributed by atoms with van der Waals surface area (Å²) in [7, 11) is 5.32. The van der Waals surface area contributed by atoms with Crippen molar-refractivity contribution in [1.82, 2.24) is 9.80 Å². The van der Waals surface area contributed by atoms with E-state index in [0.29, 0.717) is 5.17 Å². The fourth-order valence-corrected chi connectivity index (χ4v) is 6.37. The van der Waals surface area contributed by atoms with Crippen LogP contribution in [0.15, 0.2) is 92.3 Å². The monoisotopic (exact) mass is 574 g/mol. The van der Waals surface area contributed by atoms with Crippen LogP contribution in [-0.2, 0) is 19.1 Å². The lowest BCUT2D eigenvalue weighted by Crippen LogP contribution is -2.52. The molecule has 38 heavy (non-hydrogen) atoms. The first kappa shape index (κ1) is 29.6. The maximum atomic E-state index is 13.7. The molecule has 0 fully saturated rings. The molecule has 11 heteroatoms. The summed E-state index contributed by atoms with van der Waals surface area (Å²) < 4.78 is 10.7. The van der Waals surface area contributed by atoms with Gasteiger partial charge in [-0.3, -0.25) is 0 Å². The van der Waals surface area contributed by atoms with Crippen LogP contribution in [0.4, 0.5) is 0 Å². The summed E-state index contributed by atoms with van der Waals surface area (Å²) in [6, 6.07) is 18.3. The molecule has 2 aromatic rings. The zero-order chi connectivity index (χ0) is 27.7. The topological polar surface area (TPSA) is 83.8 Å². The van der Waals surface area contributed by atoms with Gasteiger partial charge < -0.3 is 19.3 Å². The SMILES string of the molecule is CCOC(=O)/C(=C/N(C)C)N=C(Cl)C1N(C)C(Sc2ccccc2)=NC1(Sc1ccccc1)C(=O)OCC.